The third-order valence-electron chi connectivity index (χ3n) is 6.31. The molecule has 3 atom stereocenters. The normalized spacial score (nSPS) is 23.6. The van der Waals surface area contributed by atoms with Crippen molar-refractivity contribution in [2.45, 2.75) is 47.0 Å². The van der Waals surface area contributed by atoms with Gasteiger partial charge in [-0.1, -0.05) is 81.8 Å². The number of fused-ring (bicyclic) bond motifs is 1. The molecule has 0 spiro atoms. The Kier molecular flexibility index (Phi) is 5.42. The summed E-state index contributed by atoms with van der Waals surface area (Å²) in [7, 11) is 0. The Morgan fingerprint density at radius 2 is 2.12 bits per heavy atom. The molecule has 0 saturated carbocycles. The second-order valence-corrected chi connectivity index (χ2v) is 7.65. The van der Waals surface area contributed by atoms with Gasteiger partial charge in [0.05, 0.1) is 5.71 Å². The third-order valence-corrected chi connectivity index (χ3v) is 6.31. The summed E-state index contributed by atoms with van der Waals surface area (Å²) in [6.07, 6.45) is 14.9. The van der Waals surface area contributed by atoms with Gasteiger partial charge in [-0.25, -0.2) is 0 Å². The summed E-state index contributed by atoms with van der Waals surface area (Å²) in [6, 6.07) is 8.81. The molecule has 0 saturated heterocycles. The van der Waals surface area contributed by atoms with Crippen LogP contribution in [0.4, 0.5) is 0 Å². The Morgan fingerprint density at radius 3 is 2.88 bits per heavy atom. The quantitative estimate of drug-likeness (QED) is 0.572. The summed E-state index contributed by atoms with van der Waals surface area (Å²) in [6.45, 7) is 10.2. The number of benzene rings is 1. The lowest BCUT2D eigenvalue weighted by atomic mass is 9.61. The van der Waals surface area contributed by atoms with E-state index in [9.17, 15) is 0 Å². The van der Waals surface area contributed by atoms with Crippen LogP contribution in [0.1, 0.15) is 51.7 Å². The lowest BCUT2D eigenvalue weighted by Gasteiger charge is -2.43. The average Bonchev–Trinajstić information content (AvgIpc) is 2.67. The summed E-state index contributed by atoms with van der Waals surface area (Å²) in [5.41, 5.74) is 5.59. The SMILES string of the molecule is CC=CC(C)(C(C)CC)C1CC=CC=C1C1=NCCc2ccccc21. The lowest BCUT2D eigenvalue weighted by molar-refractivity contribution is 0.189. The van der Waals surface area contributed by atoms with Crippen LogP contribution < -0.4 is 0 Å². The molecule has 0 N–H and O–H groups in total. The standard InChI is InChI=1S/C24H31N/c1-5-16-24(4,18(3)6-2)22-14-10-9-13-21(22)23-20-12-8-7-11-19(20)15-17-25-23/h5,7-13,16,18,22H,6,14-15,17H2,1-4H3. The predicted molar refractivity (Wildman–Crippen MR) is 109 cm³/mol. The topological polar surface area (TPSA) is 12.4 Å². The molecule has 1 aliphatic carbocycles. The summed E-state index contributed by atoms with van der Waals surface area (Å²) < 4.78 is 0. The summed E-state index contributed by atoms with van der Waals surface area (Å²) in [5.74, 6) is 1.11. The molecule has 3 rings (SSSR count). The van der Waals surface area contributed by atoms with Gasteiger partial charge in [0.2, 0.25) is 0 Å². The van der Waals surface area contributed by atoms with Crippen molar-refractivity contribution in [1.82, 2.24) is 0 Å². The first-order chi connectivity index (χ1) is 12.1. The molecule has 0 aromatic heterocycles. The van der Waals surface area contributed by atoms with Crippen LogP contribution >= 0.6 is 0 Å². The molecule has 0 fully saturated rings. The first-order valence-corrected chi connectivity index (χ1v) is 9.75. The van der Waals surface area contributed by atoms with E-state index in [1.165, 1.54) is 28.8 Å². The van der Waals surface area contributed by atoms with E-state index in [2.05, 4.69) is 82.3 Å². The van der Waals surface area contributed by atoms with Crippen molar-refractivity contribution in [2.75, 3.05) is 6.54 Å². The molecule has 0 bridgehead atoms. The largest absolute Gasteiger partial charge is 0.284 e. The molecule has 0 amide bonds. The van der Waals surface area contributed by atoms with Crippen LogP contribution in [0.2, 0.25) is 0 Å². The van der Waals surface area contributed by atoms with Crippen molar-refractivity contribution in [2.24, 2.45) is 22.2 Å². The van der Waals surface area contributed by atoms with E-state index in [0.29, 0.717) is 11.8 Å². The highest BCUT2D eigenvalue weighted by atomic mass is 14.8. The molecule has 0 radical (unpaired) electrons. The molecule has 1 nitrogen and oxygen atoms in total. The van der Waals surface area contributed by atoms with Crippen LogP contribution in [0, 0.1) is 17.3 Å². The highest BCUT2D eigenvalue weighted by Crippen LogP contribution is 2.47. The van der Waals surface area contributed by atoms with E-state index in [0.717, 1.165) is 19.4 Å². The number of hydrogen-bond donors (Lipinski definition) is 0. The van der Waals surface area contributed by atoms with Crippen LogP contribution in [-0.2, 0) is 6.42 Å². The van der Waals surface area contributed by atoms with Gasteiger partial charge >= 0.3 is 0 Å². The van der Waals surface area contributed by atoms with Crippen molar-refractivity contribution in [1.29, 1.82) is 0 Å². The van der Waals surface area contributed by atoms with E-state index in [1.807, 2.05) is 0 Å². The molecule has 2 aliphatic rings. The number of hydrogen-bond acceptors (Lipinski definition) is 1. The summed E-state index contributed by atoms with van der Waals surface area (Å²) >= 11 is 0. The van der Waals surface area contributed by atoms with Crippen molar-refractivity contribution in [3.63, 3.8) is 0 Å². The van der Waals surface area contributed by atoms with Gasteiger partial charge in [-0.05, 0) is 48.2 Å². The van der Waals surface area contributed by atoms with Crippen molar-refractivity contribution >= 4 is 5.71 Å². The third kappa shape index (κ3) is 3.29. The van der Waals surface area contributed by atoms with Gasteiger partial charge in [0.1, 0.15) is 0 Å². The minimum atomic E-state index is 0.148. The highest BCUT2D eigenvalue weighted by molar-refractivity contribution is 6.14. The lowest BCUT2D eigenvalue weighted by Crippen LogP contribution is -2.36. The van der Waals surface area contributed by atoms with Gasteiger partial charge < -0.3 is 0 Å². The van der Waals surface area contributed by atoms with Crippen LogP contribution in [0.25, 0.3) is 0 Å². The fraction of sp³-hybridized carbons (Fsp3) is 0.458. The number of nitrogens with zero attached hydrogens (tertiary/aromatic N) is 1. The van der Waals surface area contributed by atoms with E-state index in [4.69, 9.17) is 4.99 Å². The first-order valence-electron chi connectivity index (χ1n) is 9.75. The number of aliphatic imine (C=N–C) groups is 1. The molecule has 25 heavy (non-hydrogen) atoms. The Morgan fingerprint density at radius 1 is 1.32 bits per heavy atom. The zero-order valence-corrected chi connectivity index (χ0v) is 16.1. The highest BCUT2D eigenvalue weighted by Gasteiger charge is 2.40. The Balaban J connectivity index is 2.06. The van der Waals surface area contributed by atoms with Gasteiger partial charge in [-0.3, -0.25) is 4.99 Å². The summed E-state index contributed by atoms with van der Waals surface area (Å²) in [4.78, 5) is 4.99. The molecular formula is C24H31N. The molecule has 1 aliphatic heterocycles. The maximum atomic E-state index is 4.99. The zero-order valence-electron chi connectivity index (χ0n) is 16.1. The molecule has 1 heteroatoms. The maximum Gasteiger partial charge on any atom is 0.0684 e. The molecule has 1 heterocycles. The van der Waals surface area contributed by atoms with E-state index in [1.54, 1.807) is 0 Å². The molecule has 3 unspecified atom stereocenters. The predicted octanol–water partition coefficient (Wildman–Crippen LogP) is 6.16. The van der Waals surface area contributed by atoms with Crippen LogP contribution in [0.15, 0.2) is 65.2 Å². The van der Waals surface area contributed by atoms with E-state index < -0.39 is 0 Å². The molecule has 132 valence electrons. The van der Waals surface area contributed by atoms with Gasteiger partial charge in [-0.2, -0.15) is 0 Å². The minimum Gasteiger partial charge on any atom is -0.284 e. The number of allylic oxidation sites excluding steroid dienone is 6. The number of rotatable bonds is 5. The van der Waals surface area contributed by atoms with Crippen LogP contribution in [0.5, 0.6) is 0 Å². The van der Waals surface area contributed by atoms with Gasteiger partial charge in [-0.15, -0.1) is 0 Å². The Bertz CT molecular complexity index is 734. The van der Waals surface area contributed by atoms with Crippen LogP contribution in [0.3, 0.4) is 0 Å². The molecule has 1 aromatic carbocycles. The van der Waals surface area contributed by atoms with Gasteiger partial charge in [0.25, 0.3) is 0 Å². The molecule has 1 aromatic rings. The van der Waals surface area contributed by atoms with Gasteiger partial charge in [0.15, 0.2) is 0 Å². The maximum absolute atomic E-state index is 4.99. The zero-order chi connectivity index (χ0) is 17.9. The minimum absolute atomic E-state index is 0.148. The van der Waals surface area contributed by atoms with Crippen molar-refractivity contribution in [3.05, 3.63) is 71.3 Å². The molecular weight excluding hydrogens is 302 g/mol. The first kappa shape index (κ1) is 17.9. The average molecular weight is 334 g/mol. The van der Waals surface area contributed by atoms with Crippen molar-refractivity contribution < 1.29 is 0 Å². The second-order valence-electron chi connectivity index (χ2n) is 7.65. The smallest absolute Gasteiger partial charge is 0.0684 e. The monoisotopic (exact) mass is 333 g/mol. The fourth-order valence-electron chi connectivity index (χ4n) is 4.47. The summed E-state index contributed by atoms with van der Waals surface area (Å²) in [5, 5.41) is 0. The van der Waals surface area contributed by atoms with Crippen LogP contribution in [-0.4, -0.2) is 12.3 Å². The van der Waals surface area contributed by atoms with E-state index >= 15 is 0 Å². The Labute approximate surface area is 153 Å². The van der Waals surface area contributed by atoms with E-state index in [-0.39, 0.29) is 5.41 Å². The fourth-order valence-corrected chi connectivity index (χ4v) is 4.47. The van der Waals surface area contributed by atoms with Crippen molar-refractivity contribution in [3.8, 4) is 0 Å². The second kappa shape index (κ2) is 7.56. The van der Waals surface area contributed by atoms with Gasteiger partial charge in [0, 0.05) is 12.1 Å². The Hall–Kier alpha value is -1.89.